The van der Waals surface area contributed by atoms with Crippen LogP contribution in [0.25, 0.3) is 0 Å². The molecule has 2 rings (SSSR count). The molecule has 0 saturated heterocycles. The van der Waals surface area contributed by atoms with Gasteiger partial charge in [-0.1, -0.05) is 6.07 Å². The highest BCUT2D eigenvalue weighted by Crippen LogP contribution is 2.27. The van der Waals surface area contributed by atoms with Gasteiger partial charge in [-0.3, -0.25) is 0 Å². The number of aromatic carboxylic acids is 2. The topological polar surface area (TPSA) is 118 Å². The van der Waals surface area contributed by atoms with Crippen LogP contribution in [0.4, 0.5) is 0 Å². The Morgan fingerprint density at radius 1 is 1.00 bits per heavy atom. The van der Waals surface area contributed by atoms with Crippen molar-refractivity contribution in [2.24, 2.45) is 0 Å². The van der Waals surface area contributed by atoms with E-state index in [2.05, 4.69) is 12.6 Å². The van der Waals surface area contributed by atoms with Gasteiger partial charge in [0.1, 0.15) is 4.90 Å². The van der Waals surface area contributed by atoms with Crippen LogP contribution in [-0.2, 0) is 10.1 Å². The van der Waals surface area contributed by atoms with Gasteiger partial charge in [-0.15, -0.1) is 12.6 Å². The molecule has 0 unspecified atom stereocenters. The molecule has 0 aromatic heterocycles. The quantitative estimate of drug-likeness (QED) is 0.548. The zero-order valence-electron chi connectivity index (χ0n) is 12.3. The summed E-state index contributed by atoms with van der Waals surface area (Å²) in [6, 6.07) is 7.26. The van der Waals surface area contributed by atoms with Crippen molar-refractivity contribution in [3.63, 3.8) is 0 Å². The molecule has 0 atom stereocenters. The van der Waals surface area contributed by atoms with Crippen molar-refractivity contribution in [1.82, 2.24) is 0 Å². The van der Waals surface area contributed by atoms with E-state index in [0.29, 0.717) is 4.90 Å². The third-order valence-corrected chi connectivity index (χ3v) is 4.63. The van der Waals surface area contributed by atoms with E-state index in [4.69, 9.17) is 14.4 Å². The Morgan fingerprint density at radius 2 is 1.62 bits per heavy atom. The molecule has 126 valence electrons. The van der Waals surface area contributed by atoms with E-state index in [1.54, 1.807) is 19.1 Å². The Bertz CT molecular complexity index is 933. The molecule has 0 bridgehead atoms. The molecule has 7 nitrogen and oxygen atoms in total. The van der Waals surface area contributed by atoms with Crippen molar-refractivity contribution in [2.45, 2.75) is 16.7 Å². The Kier molecular flexibility index (Phi) is 4.86. The molecule has 0 heterocycles. The van der Waals surface area contributed by atoms with Crippen LogP contribution in [-0.4, -0.2) is 30.6 Å². The standard InChI is InChI=1S/C15H12O7S2/c1-8-2-5-12(13(23)6-8)22-24(20,21)9-3-4-10(14(16)17)11(7-9)15(18)19/h2-7,23H,1H3,(H,16,17)(H,18,19). The normalized spacial score (nSPS) is 11.1. The van der Waals surface area contributed by atoms with Crippen molar-refractivity contribution >= 4 is 34.7 Å². The minimum absolute atomic E-state index is 0.0249. The number of carbonyl (C=O) groups is 2. The summed E-state index contributed by atoms with van der Waals surface area (Å²) in [5.74, 6) is -3.06. The van der Waals surface area contributed by atoms with E-state index in [0.717, 1.165) is 23.8 Å². The lowest BCUT2D eigenvalue weighted by Crippen LogP contribution is -2.14. The number of hydrogen-bond acceptors (Lipinski definition) is 6. The molecule has 0 radical (unpaired) electrons. The van der Waals surface area contributed by atoms with Gasteiger partial charge in [0.25, 0.3) is 0 Å². The monoisotopic (exact) mass is 368 g/mol. The lowest BCUT2D eigenvalue weighted by molar-refractivity contribution is 0.0651. The van der Waals surface area contributed by atoms with Crippen molar-refractivity contribution in [3.8, 4) is 5.75 Å². The highest BCUT2D eigenvalue weighted by atomic mass is 32.2. The number of carboxylic acid groups (broad SMARTS) is 2. The summed E-state index contributed by atoms with van der Waals surface area (Å²) in [5.41, 5.74) is -0.322. The van der Waals surface area contributed by atoms with Crippen LogP contribution >= 0.6 is 12.6 Å². The molecule has 2 N–H and O–H groups in total. The highest BCUT2D eigenvalue weighted by molar-refractivity contribution is 7.87. The van der Waals surface area contributed by atoms with Gasteiger partial charge in [0.05, 0.1) is 11.1 Å². The zero-order chi connectivity index (χ0) is 18.1. The molecule has 0 aliphatic carbocycles. The molecule has 2 aromatic rings. The van der Waals surface area contributed by atoms with Crippen LogP contribution in [0.15, 0.2) is 46.2 Å². The fourth-order valence-corrected chi connectivity index (χ4v) is 3.27. The second kappa shape index (κ2) is 6.54. The Morgan fingerprint density at radius 3 is 2.17 bits per heavy atom. The van der Waals surface area contributed by atoms with Gasteiger partial charge < -0.3 is 14.4 Å². The molecule has 9 heteroatoms. The van der Waals surface area contributed by atoms with Crippen LogP contribution in [0.2, 0.25) is 0 Å². The summed E-state index contributed by atoms with van der Waals surface area (Å²) in [7, 11) is -4.35. The number of aryl methyl sites for hydroxylation is 1. The minimum Gasteiger partial charge on any atom is -0.478 e. The molecule has 0 spiro atoms. The van der Waals surface area contributed by atoms with E-state index >= 15 is 0 Å². The third kappa shape index (κ3) is 3.69. The van der Waals surface area contributed by atoms with Gasteiger partial charge in [-0.2, -0.15) is 8.42 Å². The molecule has 0 aliphatic rings. The van der Waals surface area contributed by atoms with Crippen LogP contribution in [0.5, 0.6) is 5.75 Å². The molecule has 2 aromatic carbocycles. The van der Waals surface area contributed by atoms with Crippen molar-refractivity contribution in [2.75, 3.05) is 0 Å². The molecule has 0 aliphatic heterocycles. The smallest absolute Gasteiger partial charge is 0.339 e. The average molecular weight is 368 g/mol. The first-order valence-corrected chi connectivity index (χ1v) is 8.32. The van der Waals surface area contributed by atoms with Gasteiger partial charge in [-0.05, 0) is 42.8 Å². The van der Waals surface area contributed by atoms with Gasteiger partial charge in [0.2, 0.25) is 0 Å². The van der Waals surface area contributed by atoms with E-state index in [1.807, 2.05) is 0 Å². The van der Waals surface area contributed by atoms with Crippen LogP contribution in [0.1, 0.15) is 26.3 Å². The summed E-state index contributed by atoms with van der Waals surface area (Å²) < 4.78 is 29.6. The number of rotatable bonds is 5. The highest BCUT2D eigenvalue weighted by Gasteiger charge is 2.23. The maximum absolute atomic E-state index is 12.3. The molecule has 0 saturated carbocycles. The largest absolute Gasteiger partial charge is 0.478 e. The van der Waals surface area contributed by atoms with E-state index in [-0.39, 0.29) is 5.75 Å². The van der Waals surface area contributed by atoms with Gasteiger partial charge in [0, 0.05) is 4.90 Å². The number of benzene rings is 2. The summed E-state index contributed by atoms with van der Waals surface area (Å²) in [6.07, 6.45) is 0. The van der Waals surface area contributed by atoms with Crippen molar-refractivity contribution in [3.05, 3.63) is 53.1 Å². The fraction of sp³-hybridized carbons (Fsp3) is 0.0667. The summed E-state index contributed by atoms with van der Waals surface area (Å²) in [4.78, 5) is 22.0. The number of carboxylic acids is 2. The summed E-state index contributed by atoms with van der Waals surface area (Å²) in [6.45, 7) is 1.79. The van der Waals surface area contributed by atoms with Crippen LogP contribution < -0.4 is 4.18 Å². The summed E-state index contributed by atoms with van der Waals surface area (Å²) in [5, 5.41) is 18.0. The van der Waals surface area contributed by atoms with Crippen LogP contribution in [0.3, 0.4) is 0 Å². The van der Waals surface area contributed by atoms with Crippen molar-refractivity contribution < 1.29 is 32.4 Å². The predicted octanol–water partition coefficient (Wildman–Crippen LogP) is 2.45. The van der Waals surface area contributed by atoms with Gasteiger partial charge in [0.15, 0.2) is 5.75 Å². The predicted molar refractivity (Wildman–Crippen MR) is 86.6 cm³/mol. The maximum atomic E-state index is 12.3. The first-order chi connectivity index (χ1) is 11.1. The van der Waals surface area contributed by atoms with Crippen LogP contribution in [0, 0.1) is 6.92 Å². The minimum atomic E-state index is -4.35. The van der Waals surface area contributed by atoms with E-state index < -0.39 is 38.1 Å². The molecule has 0 fully saturated rings. The second-order valence-corrected chi connectivity index (χ2v) is 6.85. The number of thiol groups is 1. The Hall–Kier alpha value is -2.52. The van der Waals surface area contributed by atoms with Gasteiger partial charge in [-0.25, -0.2) is 9.59 Å². The lowest BCUT2D eigenvalue weighted by atomic mass is 10.1. The zero-order valence-corrected chi connectivity index (χ0v) is 14.0. The second-order valence-electron chi connectivity index (χ2n) is 4.83. The fourth-order valence-electron chi connectivity index (χ4n) is 1.91. The van der Waals surface area contributed by atoms with E-state index in [1.165, 1.54) is 6.07 Å². The summed E-state index contributed by atoms with van der Waals surface area (Å²) >= 11 is 4.13. The first-order valence-electron chi connectivity index (χ1n) is 6.46. The molecule has 0 amide bonds. The molecular weight excluding hydrogens is 356 g/mol. The van der Waals surface area contributed by atoms with Crippen molar-refractivity contribution in [1.29, 1.82) is 0 Å². The molecular formula is C15H12O7S2. The van der Waals surface area contributed by atoms with Gasteiger partial charge >= 0.3 is 22.1 Å². The van der Waals surface area contributed by atoms with E-state index in [9.17, 15) is 18.0 Å². The lowest BCUT2D eigenvalue weighted by Gasteiger charge is -2.10. The first kappa shape index (κ1) is 17.8. The SMILES string of the molecule is Cc1ccc(OS(=O)(=O)c2ccc(C(=O)O)c(C(=O)O)c2)c(S)c1. The number of hydrogen-bond donors (Lipinski definition) is 3. The Labute approximate surface area is 143 Å². The average Bonchev–Trinajstić information content (AvgIpc) is 2.49. The molecule has 24 heavy (non-hydrogen) atoms. The Balaban J connectivity index is 2.48. The maximum Gasteiger partial charge on any atom is 0.339 e. The third-order valence-electron chi connectivity index (χ3n) is 3.05.